The Morgan fingerprint density at radius 1 is 1.05 bits per heavy atom. The number of hydrogen-bond donors (Lipinski definition) is 1. The lowest BCUT2D eigenvalue weighted by Gasteiger charge is -2.05. The number of nitrogens with one attached hydrogen (secondary N) is 1. The third-order valence-electron chi connectivity index (χ3n) is 2.94. The molecule has 0 aromatic heterocycles. The fourth-order valence-electron chi connectivity index (χ4n) is 1.77. The van der Waals surface area contributed by atoms with Crippen molar-refractivity contribution >= 4 is 34.8 Å². The predicted molar refractivity (Wildman–Crippen MR) is 87.3 cm³/mol. The van der Waals surface area contributed by atoms with Crippen LogP contribution in [0.5, 0.6) is 0 Å². The van der Waals surface area contributed by atoms with Crippen molar-refractivity contribution in [3.63, 3.8) is 0 Å². The molecular weight excluding hydrogens is 307 g/mol. The summed E-state index contributed by atoms with van der Waals surface area (Å²) in [7, 11) is 0. The van der Waals surface area contributed by atoms with E-state index in [0.717, 1.165) is 11.1 Å². The van der Waals surface area contributed by atoms with Crippen LogP contribution in [0, 0.1) is 6.92 Å². The van der Waals surface area contributed by atoms with E-state index in [0.29, 0.717) is 21.3 Å². The van der Waals surface area contributed by atoms with E-state index in [2.05, 4.69) is 10.5 Å². The summed E-state index contributed by atoms with van der Waals surface area (Å²) in [4.78, 5) is 12.0. The number of carbonyl (C=O) groups is 1. The molecule has 5 heteroatoms. The summed E-state index contributed by atoms with van der Waals surface area (Å²) in [5.74, 6) is -0.252. The van der Waals surface area contributed by atoms with Gasteiger partial charge in [0.25, 0.3) is 5.91 Å². The first-order valence-electron chi connectivity index (χ1n) is 6.34. The maximum absolute atomic E-state index is 12.0. The van der Waals surface area contributed by atoms with Gasteiger partial charge in [-0.25, -0.2) is 5.43 Å². The van der Waals surface area contributed by atoms with E-state index < -0.39 is 0 Å². The topological polar surface area (TPSA) is 41.5 Å². The summed E-state index contributed by atoms with van der Waals surface area (Å²) in [5.41, 5.74) is 5.57. The molecule has 0 radical (unpaired) electrons. The Balaban J connectivity index is 2.13. The Morgan fingerprint density at radius 3 is 2.48 bits per heavy atom. The lowest BCUT2D eigenvalue weighted by Crippen LogP contribution is -2.19. The molecule has 0 saturated carbocycles. The largest absolute Gasteiger partial charge is 0.271 e. The minimum absolute atomic E-state index is 0.252. The molecule has 0 aliphatic rings. The van der Waals surface area contributed by atoms with Crippen LogP contribution in [0.15, 0.2) is 47.6 Å². The zero-order valence-corrected chi connectivity index (χ0v) is 13.2. The van der Waals surface area contributed by atoms with Crippen LogP contribution < -0.4 is 5.43 Å². The monoisotopic (exact) mass is 320 g/mol. The first-order chi connectivity index (χ1) is 9.97. The molecule has 108 valence electrons. The van der Waals surface area contributed by atoms with Gasteiger partial charge in [-0.15, -0.1) is 0 Å². The number of benzene rings is 2. The summed E-state index contributed by atoms with van der Waals surface area (Å²) in [6.07, 6.45) is 0. The Bertz CT molecular complexity index is 711. The zero-order valence-electron chi connectivity index (χ0n) is 11.7. The minimum atomic E-state index is -0.252. The molecule has 0 saturated heterocycles. The summed E-state index contributed by atoms with van der Waals surface area (Å²) < 4.78 is 0. The van der Waals surface area contributed by atoms with E-state index in [-0.39, 0.29) is 5.91 Å². The molecule has 0 fully saturated rings. The van der Waals surface area contributed by atoms with Gasteiger partial charge in [-0.3, -0.25) is 4.79 Å². The third-order valence-corrected chi connectivity index (χ3v) is 3.68. The molecule has 0 aliphatic carbocycles. The predicted octanol–water partition coefficient (Wildman–Crippen LogP) is 4.46. The molecule has 21 heavy (non-hydrogen) atoms. The van der Waals surface area contributed by atoms with Gasteiger partial charge in [-0.2, -0.15) is 5.10 Å². The van der Waals surface area contributed by atoms with Crippen LogP contribution >= 0.6 is 23.2 Å². The highest BCUT2D eigenvalue weighted by Crippen LogP contribution is 2.22. The van der Waals surface area contributed by atoms with Crippen LogP contribution in [0.4, 0.5) is 0 Å². The van der Waals surface area contributed by atoms with Crippen molar-refractivity contribution in [3.8, 4) is 0 Å². The van der Waals surface area contributed by atoms with Gasteiger partial charge < -0.3 is 0 Å². The molecule has 2 rings (SSSR count). The lowest BCUT2D eigenvalue weighted by molar-refractivity contribution is 0.0954. The normalized spacial score (nSPS) is 11.3. The second-order valence-electron chi connectivity index (χ2n) is 4.64. The van der Waals surface area contributed by atoms with Crippen molar-refractivity contribution in [2.75, 3.05) is 0 Å². The van der Waals surface area contributed by atoms with Crippen LogP contribution in [0.3, 0.4) is 0 Å². The highest BCUT2D eigenvalue weighted by molar-refractivity contribution is 6.42. The molecule has 1 N–H and O–H groups in total. The molecule has 1 amide bonds. The fourth-order valence-corrected chi connectivity index (χ4v) is 2.07. The average molecular weight is 321 g/mol. The number of hydrazone groups is 1. The van der Waals surface area contributed by atoms with Crippen molar-refractivity contribution < 1.29 is 4.79 Å². The Morgan fingerprint density at radius 2 is 1.81 bits per heavy atom. The summed E-state index contributed by atoms with van der Waals surface area (Å²) in [6.45, 7) is 3.72. The lowest BCUT2D eigenvalue weighted by atomic mass is 10.1. The van der Waals surface area contributed by atoms with Gasteiger partial charge in [0.15, 0.2) is 0 Å². The smallest absolute Gasteiger partial charge is 0.267 e. The molecule has 0 aliphatic heterocycles. The molecule has 0 bridgehead atoms. The highest BCUT2D eigenvalue weighted by atomic mass is 35.5. The van der Waals surface area contributed by atoms with E-state index in [1.54, 1.807) is 37.3 Å². The summed E-state index contributed by atoms with van der Waals surface area (Å²) in [6, 6.07) is 12.5. The molecular formula is C16H14Cl2N2O. The first-order valence-corrected chi connectivity index (χ1v) is 7.09. The first kappa shape index (κ1) is 15.5. The molecule has 0 unspecified atom stereocenters. The van der Waals surface area contributed by atoms with E-state index >= 15 is 0 Å². The van der Waals surface area contributed by atoms with Crippen LogP contribution in [-0.2, 0) is 0 Å². The third kappa shape index (κ3) is 4.06. The maximum Gasteiger partial charge on any atom is 0.271 e. The summed E-state index contributed by atoms with van der Waals surface area (Å²) in [5, 5.41) is 5.02. The second-order valence-corrected chi connectivity index (χ2v) is 5.45. The quantitative estimate of drug-likeness (QED) is 0.658. The number of nitrogens with zero attached hydrogens (tertiary/aromatic N) is 1. The number of amides is 1. The average Bonchev–Trinajstić information content (AvgIpc) is 2.47. The van der Waals surface area contributed by atoms with E-state index in [1.807, 2.05) is 19.1 Å². The molecule has 2 aromatic rings. The fraction of sp³-hybridized carbons (Fsp3) is 0.125. The van der Waals surface area contributed by atoms with Gasteiger partial charge in [0, 0.05) is 5.56 Å². The Labute approximate surface area is 133 Å². The maximum atomic E-state index is 12.0. The van der Waals surface area contributed by atoms with Crippen LogP contribution in [0.25, 0.3) is 0 Å². The van der Waals surface area contributed by atoms with E-state index in [4.69, 9.17) is 23.2 Å². The number of carbonyl (C=O) groups excluding carboxylic acids is 1. The van der Waals surface area contributed by atoms with Crippen LogP contribution in [0.2, 0.25) is 10.0 Å². The Kier molecular flexibility index (Phi) is 4.99. The number of halogens is 2. The van der Waals surface area contributed by atoms with Gasteiger partial charge in [0.1, 0.15) is 0 Å². The van der Waals surface area contributed by atoms with Gasteiger partial charge in [-0.05, 0) is 43.7 Å². The number of rotatable bonds is 3. The van der Waals surface area contributed by atoms with Crippen molar-refractivity contribution in [2.24, 2.45) is 5.10 Å². The van der Waals surface area contributed by atoms with E-state index in [1.165, 1.54) is 0 Å². The standard InChI is InChI=1S/C16H14Cl2N2O/c1-10-4-3-5-13(8-10)16(21)20-19-11(2)12-6-7-14(17)15(18)9-12/h3-9H,1-2H3,(H,20,21). The summed E-state index contributed by atoms with van der Waals surface area (Å²) >= 11 is 11.8. The zero-order chi connectivity index (χ0) is 15.4. The molecule has 0 spiro atoms. The number of hydrogen-bond acceptors (Lipinski definition) is 2. The minimum Gasteiger partial charge on any atom is -0.267 e. The molecule has 3 nitrogen and oxygen atoms in total. The van der Waals surface area contributed by atoms with Gasteiger partial charge >= 0.3 is 0 Å². The SMILES string of the molecule is CC(=NNC(=O)c1cccc(C)c1)c1ccc(Cl)c(Cl)c1. The Hall–Kier alpha value is -1.84. The van der Waals surface area contributed by atoms with Gasteiger partial charge in [0.2, 0.25) is 0 Å². The van der Waals surface area contributed by atoms with E-state index in [9.17, 15) is 4.79 Å². The molecule has 2 aromatic carbocycles. The highest BCUT2D eigenvalue weighted by Gasteiger charge is 2.06. The van der Waals surface area contributed by atoms with Gasteiger partial charge in [0.05, 0.1) is 15.8 Å². The van der Waals surface area contributed by atoms with Gasteiger partial charge in [-0.1, -0.05) is 47.0 Å². The number of aryl methyl sites for hydroxylation is 1. The van der Waals surface area contributed by atoms with Crippen molar-refractivity contribution in [2.45, 2.75) is 13.8 Å². The van der Waals surface area contributed by atoms with Crippen LogP contribution in [0.1, 0.15) is 28.4 Å². The molecule has 0 heterocycles. The van der Waals surface area contributed by atoms with Crippen LogP contribution in [-0.4, -0.2) is 11.6 Å². The second kappa shape index (κ2) is 6.74. The van der Waals surface area contributed by atoms with Crippen molar-refractivity contribution in [1.29, 1.82) is 0 Å². The van der Waals surface area contributed by atoms with Crippen molar-refractivity contribution in [1.82, 2.24) is 5.43 Å². The molecule has 0 atom stereocenters. The van der Waals surface area contributed by atoms with Crippen molar-refractivity contribution in [3.05, 3.63) is 69.2 Å².